The molecule has 0 N–H and O–H groups in total. The summed E-state index contributed by atoms with van der Waals surface area (Å²) in [6.07, 6.45) is 2.75. The first-order valence-electron chi connectivity index (χ1n) is 5.16. The number of likely N-dealkylation sites (tertiary alicyclic amines) is 1. The lowest BCUT2D eigenvalue weighted by Gasteiger charge is -2.13. The molecule has 1 saturated heterocycles. The van der Waals surface area contributed by atoms with Gasteiger partial charge < -0.3 is 0 Å². The normalized spacial score (nSPS) is 15.3. The maximum Gasteiger partial charge on any atom is 0.560 e. The van der Waals surface area contributed by atoms with Crippen LogP contribution in [-0.2, 0) is 6.54 Å². The zero-order chi connectivity index (χ0) is 10.9. The Bertz CT molecular complexity index is 250. The highest BCUT2D eigenvalue weighted by atomic mass is 79.9. The third-order valence-electron chi connectivity index (χ3n) is 2.39. The van der Waals surface area contributed by atoms with Crippen LogP contribution in [0.2, 0.25) is 0 Å². The first-order chi connectivity index (χ1) is 7.36. The van der Waals surface area contributed by atoms with Crippen LogP contribution in [0.25, 0.3) is 0 Å². The van der Waals surface area contributed by atoms with Gasteiger partial charge in [-0.1, -0.05) is 24.3 Å². The average Bonchev–Trinajstić information content (AvgIpc) is 2.73. The lowest BCUT2D eigenvalue weighted by molar-refractivity contribution is 0.331. The van der Waals surface area contributed by atoms with Crippen molar-refractivity contribution in [2.45, 2.75) is 19.4 Å². The van der Waals surface area contributed by atoms with E-state index < -0.39 is 0 Å². The number of hydrogen-bond donors (Lipinski definition) is 0. The molecular weight excluding hydrogens is 330 g/mol. The molecule has 1 radical (unpaired) electrons. The molecule has 1 aliphatic rings. The SMILES string of the molecule is [Br][Mg][Br].[c]1ccc(CN2CCCC2)cc1. The molecule has 1 aliphatic heterocycles. The van der Waals surface area contributed by atoms with Crippen LogP contribution in [0.3, 0.4) is 0 Å². The Morgan fingerprint density at radius 3 is 2.27 bits per heavy atom. The van der Waals surface area contributed by atoms with E-state index in [9.17, 15) is 0 Å². The Morgan fingerprint density at radius 1 is 1.20 bits per heavy atom. The Morgan fingerprint density at radius 2 is 1.73 bits per heavy atom. The highest BCUT2D eigenvalue weighted by Gasteiger charge is 2.10. The Balaban J connectivity index is 0.000000337. The van der Waals surface area contributed by atoms with Gasteiger partial charge in [-0.05, 0) is 37.6 Å². The van der Waals surface area contributed by atoms with Gasteiger partial charge in [0.15, 0.2) is 0 Å². The summed E-state index contributed by atoms with van der Waals surface area (Å²) in [5.74, 6) is 0. The van der Waals surface area contributed by atoms with Gasteiger partial charge in [0.2, 0.25) is 0 Å². The number of hydrogen-bond acceptors (Lipinski definition) is 1. The first-order valence-corrected chi connectivity index (χ1v) is 13.0. The molecule has 0 aromatic heterocycles. The molecule has 1 aromatic rings. The van der Waals surface area contributed by atoms with Crippen molar-refractivity contribution in [1.82, 2.24) is 4.90 Å². The molecule has 0 spiro atoms. The van der Waals surface area contributed by atoms with E-state index >= 15 is 0 Å². The molecule has 1 heterocycles. The maximum atomic E-state index is 3.20. The van der Waals surface area contributed by atoms with Crippen molar-refractivity contribution in [2.24, 2.45) is 0 Å². The molecule has 4 heteroatoms. The average molecular weight is 344 g/mol. The summed E-state index contributed by atoms with van der Waals surface area (Å²) in [7, 11) is 0. The molecular formula is C11H14Br2MgN. The van der Waals surface area contributed by atoms with E-state index in [1.54, 1.807) is 0 Å². The Hall–Kier alpha value is 0.906. The van der Waals surface area contributed by atoms with Crippen molar-refractivity contribution >= 4 is 41.8 Å². The fourth-order valence-corrected chi connectivity index (χ4v) is 1.73. The zero-order valence-corrected chi connectivity index (χ0v) is 13.3. The molecule has 0 aliphatic carbocycles. The molecule has 1 fully saturated rings. The largest absolute Gasteiger partial charge is 0.560 e. The fourth-order valence-electron chi connectivity index (χ4n) is 1.73. The zero-order valence-electron chi connectivity index (χ0n) is 8.76. The number of rotatable bonds is 2. The van der Waals surface area contributed by atoms with E-state index in [2.05, 4.69) is 48.9 Å². The van der Waals surface area contributed by atoms with Gasteiger partial charge in [0.05, 0.1) is 0 Å². The molecule has 0 atom stereocenters. The van der Waals surface area contributed by atoms with E-state index in [1.165, 1.54) is 31.5 Å². The van der Waals surface area contributed by atoms with E-state index in [-0.39, 0.29) is 16.0 Å². The fraction of sp³-hybridized carbons (Fsp3) is 0.455. The number of halogens is 2. The van der Waals surface area contributed by atoms with Crippen LogP contribution in [-0.4, -0.2) is 34.0 Å². The summed E-state index contributed by atoms with van der Waals surface area (Å²) < 4.78 is 0. The molecule has 1 nitrogen and oxygen atoms in total. The molecule has 0 saturated carbocycles. The Kier molecular flexibility index (Phi) is 8.37. The third-order valence-corrected chi connectivity index (χ3v) is 2.39. The predicted molar refractivity (Wildman–Crippen MR) is 73.4 cm³/mol. The number of nitrogens with zero attached hydrogens (tertiary/aromatic N) is 1. The van der Waals surface area contributed by atoms with Gasteiger partial charge in [0, 0.05) is 6.54 Å². The second-order valence-electron chi connectivity index (χ2n) is 3.49. The van der Waals surface area contributed by atoms with Gasteiger partial charge in [-0.2, -0.15) is 0 Å². The van der Waals surface area contributed by atoms with Crippen molar-refractivity contribution in [3.8, 4) is 0 Å². The molecule has 0 unspecified atom stereocenters. The lowest BCUT2D eigenvalue weighted by atomic mass is 10.2. The van der Waals surface area contributed by atoms with Gasteiger partial charge in [-0.3, -0.25) is 30.7 Å². The van der Waals surface area contributed by atoms with Crippen molar-refractivity contribution in [3.05, 3.63) is 35.9 Å². The van der Waals surface area contributed by atoms with Crippen molar-refractivity contribution in [2.75, 3.05) is 13.1 Å². The van der Waals surface area contributed by atoms with Crippen molar-refractivity contribution in [1.29, 1.82) is 0 Å². The summed E-state index contributed by atoms with van der Waals surface area (Å²) >= 11 is 6.44. The summed E-state index contributed by atoms with van der Waals surface area (Å²) in [4.78, 5) is 2.51. The van der Waals surface area contributed by atoms with Crippen molar-refractivity contribution in [3.63, 3.8) is 0 Å². The topological polar surface area (TPSA) is 3.24 Å². The van der Waals surface area contributed by atoms with Crippen molar-refractivity contribution < 1.29 is 0 Å². The molecule has 2 rings (SSSR count). The predicted octanol–water partition coefficient (Wildman–Crippen LogP) is 3.39. The molecule has 0 bridgehead atoms. The van der Waals surface area contributed by atoms with Gasteiger partial charge in [-0.15, -0.1) is 0 Å². The lowest BCUT2D eigenvalue weighted by Crippen LogP contribution is -2.18. The second kappa shape index (κ2) is 8.99. The van der Waals surface area contributed by atoms with E-state index in [4.69, 9.17) is 0 Å². The summed E-state index contributed by atoms with van der Waals surface area (Å²) in [5.41, 5.74) is 1.41. The second-order valence-corrected chi connectivity index (χ2v) is 11.6. The minimum Gasteiger partial charge on any atom is -0.299 e. The van der Waals surface area contributed by atoms with Crippen LogP contribution in [0, 0.1) is 6.07 Å². The van der Waals surface area contributed by atoms with Crippen LogP contribution in [0.1, 0.15) is 18.4 Å². The van der Waals surface area contributed by atoms with Gasteiger partial charge >= 0.3 is 16.0 Å². The maximum absolute atomic E-state index is 3.20. The van der Waals surface area contributed by atoms with Crippen LogP contribution in [0.4, 0.5) is 0 Å². The summed E-state index contributed by atoms with van der Waals surface area (Å²) in [6.45, 7) is 3.67. The summed E-state index contributed by atoms with van der Waals surface area (Å²) in [6, 6.07) is 11.3. The molecule has 1 aromatic carbocycles. The standard InChI is InChI=1S/C11H14N.2BrH.Mg/c1-2-6-11(7-3-1)10-12-8-4-5-9-12;;;/h2-3,6-7H,4-5,8-10H2;2*1H;/q;;;+2/p-2. The highest BCUT2D eigenvalue weighted by molar-refractivity contribution is 9.47. The quantitative estimate of drug-likeness (QED) is 0.744. The van der Waals surface area contributed by atoms with Gasteiger partial charge in [0.1, 0.15) is 0 Å². The van der Waals surface area contributed by atoms with E-state index in [1.807, 2.05) is 12.1 Å². The first kappa shape index (κ1) is 14.0. The monoisotopic (exact) mass is 342 g/mol. The van der Waals surface area contributed by atoms with Crippen LogP contribution in [0.15, 0.2) is 24.3 Å². The van der Waals surface area contributed by atoms with E-state index in [0.717, 1.165) is 6.54 Å². The smallest absolute Gasteiger partial charge is 0.299 e. The minimum atomic E-state index is 0.0417. The molecule has 15 heavy (non-hydrogen) atoms. The molecule has 79 valence electrons. The summed E-state index contributed by atoms with van der Waals surface area (Å²) in [5, 5.41) is 0. The third kappa shape index (κ3) is 6.27. The van der Waals surface area contributed by atoms with E-state index in [0.29, 0.717) is 0 Å². The Labute approximate surface area is 114 Å². The number of benzene rings is 1. The van der Waals surface area contributed by atoms with Gasteiger partial charge in [-0.25, -0.2) is 0 Å². The molecule has 0 amide bonds. The van der Waals surface area contributed by atoms with Gasteiger partial charge in [0.25, 0.3) is 0 Å². The van der Waals surface area contributed by atoms with Crippen LogP contribution >= 0.6 is 25.8 Å². The van der Waals surface area contributed by atoms with Crippen LogP contribution in [0.5, 0.6) is 0 Å². The highest BCUT2D eigenvalue weighted by Crippen LogP contribution is 2.11. The minimum absolute atomic E-state index is 0.0417. The van der Waals surface area contributed by atoms with Crippen LogP contribution < -0.4 is 0 Å².